The number of hydrogen-bond acceptors (Lipinski definition) is 14. The summed E-state index contributed by atoms with van der Waals surface area (Å²) in [6.07, 6.45) is -3.03. The molecule has 306 valence electrons. The lowest BCUT2D eigenvalue weighted by Crippen LogP contribution is -2.60. The molecule has 15 nitrogen and oxygen atoms in total. The second kappa shape index (κ2) is 17.5. The quantitative estimate of drug-likeness (QED) is 0.234. The molecule has 2 aromatic heterocycles. The number of carbonyl (C=O) groups is 4. The number of rotatable bonds is 7. The summed E-state index contributed by atoms with van der Waals surface area (Å²) in [6, 6.07) is 5.89. The number of ketones is 2. The Morgan fingerprint density at radius 1 is 1.04 bits per heavy atom. The van der Waals surface area contributed by atoms with Gasteiger partial charge in [0.25, 0.3) is 0 Å². The number of nitrogens with one attached hydrogen (secondary N) is 1. The molecule has 13 atom stereocenters. The number of nitrogens with zero attached hydrogens (tertiary/aromatic N) is 3. The van der Waals surface area contributed by atoms with E-state index in [1.165, 1.54) is 6.92 Å². The van der Waals surface area contributed by atoms with E-state index < -0.39 is 83.4 Å². The highest BCUT2D eigenvalue weighted by molar-refractivity contribution is 6.00. The molecular formula is C41H56N4O11. The molecule has 0 bridgehead atoms. The van der Waals surface area contributed by atoms with Crippen LogP contribution in [0.15, 0.2) is 35.0 Å². The summed E-state index contributed by atoms with van der Waals surface area (Å²) in [4.78, 5) is 61.5. The minimum absolute atomic E-state index is 0.0238. The summed E-state index contributed by atoms with van der Waals surface area (Å²) >= 11 is 0. The van der Waals surface area contributed by atoms with Gasteiger partial charge < -0.3 is 43.5 Å². The van der Waals surface area contributed by atoms with Gasteiger partial charge in [-0.1, -0.05) is 44.8 Å². The lowest BCUT2D eigenvalue weighted by atomic mass is 9.73. The molecule has 3 aliphatic rings. The minimum atomic E-state index is -1.45. The van der Waals surface area contributed by atoms with E-state index in [0.29, 0.717) is 17.8 Å². The summed E-state index contributed by atoms with van der Waals surface area (Å²) in [5.41, 5.74) is -1.73. The van der Waals surface area contributed by atoms with E-state index in [1.54, 1.807) is 65.9 Å². The molecule has 2 aromatic rings. The van der Waals surface area contributed by atoms with Crippen molar-refractivity contribution in [1.29, 1.82) is 0 Å². The highest BCUT2D eigenvalue weighted by Gasteiger charge is 2.57. The molecule has 15 heteroatoms. The van der Waals surface area contributed by atoms with Crippen molar-refractivity contribution < 1.29 is 52.5 Å². The number of alkyl carbamates (subject to hydrolysis) is 1. The van der Waals surface area contributed by atoms with Crippen LogP contribution in [-0.2, 0) is 38.1 Å². The van der Waals surface area contributed by atoms with Gasteiger partial charge in [-0.05, 0) is 79.1 Å². The third-order valence-electron chi connectivity index (χ3n) is 11.6. The molecule has 5 heterocycles. The van der Waals surface area contributed by atoms with Crippen LogP contribution in [0.2, 0.25) is 0 Å². The highest BCUT2D eigenvalue weighted by Crippen LogP contribution is 2.40. The van der Waals surface area contributed by atoms with Crippen LogP contribution in [0.25, 0.3) is 11.4 Å². The molecule has 0 spiro atoms. The van der Waals surface area contributed by atoms with Gasteiger partial charge in [0.15, 0.2) is 17.7 Å². The minimum Gasteiger partial charge on any atom is -0.458 e. The first-order chi connectivity index (χ1) is 26.4. The van der Waals surface area contributed by atoms with E-state index in [1.807, 2.05) is 32.0 Å². The van der Waals surface area contributed by atoms with Gasteiger partial charge in [0, 0.05) is 36.1 Å². The van der Waals surface area contributed by atoms with Crippen LogP contribution >= 0.6 is 0 Å². The maximum Gasteiger partial charge on any atom is 0.408 e. The molecule has 0 unspecified atom stereocenters. The van der Waals surface area contributed by atoms with Crippen LogP contribution in [-0.4, -0.2) is 118 Å². The number of fused-ring (bicyclic) bond motifs is 1. The van der Waals surface area contributed by atoms with Gasteiger partial charge in [0.1, 0.15) is 36.2 Å². The molecule has 5 rings (SSSR count). The first-order valence-electron chi connectivity index (χ1n) is 19.3. The van der Waals surface area contributed by atoms with Crippen molar-refractivity contribution in [1.82, 2.24) is 20.4 Å². The van der Waals surface area contributed by atoms with Gasteiger partial charge in [-0.15, -0.1) is 0 Å². The number of pyridine rings is 1. The van der Waals surface area contributed by atoms with E-state index in [-0.39, 0.29) is 43.1 Å². The predicted octanol–water partition coefficient (Wildman–Crippen LogP) is 3.95. The van der Waals surface area contributed by atoms with Gasteiger partial charge >= 0.3 is 12.1 Å². The van der Waals surface area contributed by atoms with Crippen LogP contribution in [0.1, 0.15) is 80.4 Å². The lowest BCUT2D eigenvalue weighted by molar-refractivity contribution is -0.296. The fraction of sp³-hybridized carbons (Fsp3) is 0.659. The number of likely N-dealkylation sites (N-methyl/N-ethyl adjacent to an activating group) is 1. The molecule has 0 aromatic carbocycles. The fourth-order valence-corrected chi connectivity index (χ4v) is 8.42. The number of ether oxygens (including phenoxy) is 5. The van der Waals surface area contributed by atoms with Gasteiger partial charge in [0.05, 0.1) is 29.5 Å². The second-order valence-corrected chi connectivity index (χ2v) is 16.1. The topological polar surface area (TPSA) is 189 Å². The number of aliphatic hydroxyl groups is 1. The number of hydrogen-bond donors (Lipinski definition) is 2. The van der Waals surface area contributed by atoms with Crippen molar-refractivity contribution >= 4 is 23.6 Å². The third kappa shape index (κ3) is 9.00. The van der Waals surface area contributed by atoms with Crippen molar-refractivity contribution in [3.8, 4) is 23.2 Å². The van der Waals surface area contributed by atoms with Gasteiger partial charge in [0.2, 0.25) is 5.76 Å². The number of aliphatic hydroxyl groups excluding tert-OH is 1. The second-order valence-electron chi connectivity index (χ2n) is 16.1. The van der Waals surface area contributed by atoms with E-state index >= 15 is 0 Å². The maximum atomic E-state index is 14.4. The normalized spacial score (nSPS) is 37.1. The molecular weight excluding hydrogens is 724 g/mol. The lowest BCUT2D eigenvalue weighted by Gasteiger charge is -2.47. The standard InChI is InChI=1S/C41H56N4O11/c1-11-31-41(8)35(43-39(50)55-41)24(4)32(46)22(2)21-40(7,51-18-14-15-27-20-29(44-56-27)28-16-12-13-17-42-28)36(25(5)33(47)26(6)37(49)53-31)54-38-34(48)30(45(9)10)19-23(3)52-38/h12-13,16-17,20,22-26,30-31,34-36,38,48H,11,18-19,21H2,1-10H3,(H,43,50)/t22-,23-,24-,25+,26-,30+,31+,34-,35-,36-,38+,40+,41-/m1/s1. The SMILES string of the molecule is CC[C@@H]1OC(=O)[C@H](C)C(=O)[C@H](C)[C@@H](O[C@@H]2O[C@H](C)C[C@H](N(C)C)[C@H]2O)[C@@](C)(OCC#Cc2cc(-c3ccccn3)no2)C[C@@H](C)C(=O)[C@@H](C)[C@H]2NC(=O)O[C@]12C. The number of cyclic esters (lactones) is 1. The van der Waals surface area contributed by atoms with Crippen molar-refractivity contribution in [2.75, 3.05) is 20.7 Å². The van der Waals surface area contributed by atoms with Gasteiger partial charge in [-0.2, -0.15) is 0 Å². The zero-order chi connectivity index (χ0) is 41.1. The Bertz CT molecular complexity index is 1790. The van der Waals surface area contributed by atoms with Crippen LogP contribution in [0.3, 0.4) is 0 Å². The zero-order valence-corrected chi connectivity index (χ0v) is 33.9. The number of aromatic nitrogens is 2. The molecule has 3 aliphatic heterocycles. The number of carbonyl (C=O) groups excluding carboxylic acids is 4. The van der Waals surface area contributed by atoms with Gasteiger partial charge in [-0.25, -0.2) is 4.79 Å². The molecule has 3 saturated heterocycles. The summed E-state index contributed by atoms with van der Waals surface area (Å²) in [5.74, 6) is 0.744. The molecule has 0 aliphatic carbocycles. The predicted molar refractivity (Wildman–Crippen MR) is 202 cm³/mol. The van der Waals surface area contributed by atoms with Crippen LogP contribution in [0, 0.1) is 35.5 Å². The molecule has 1 amide bonds. The summed E-state index contributed by atoms with van der Waals surface area (Å²) in [7, 11) is 3.70. The molecule has 3 fully saturated rings. The van der Waals surface area contributed by atoms with Crippen molar-refractivity contribution in [2.45, 2.75) is 129 Å². The highest BCUT2D eigenvalue weighted by atomic mass is 16.7. The summed E-state index contributed by atoms with van der Waals surface area (Å²) < 4.78 is 36.5. The largest absolute Gasteiger partial charge is 0.458 e. The summed E-state index contributed by atoms with van der Waals surface area (Å²) in [6.45, 7) is 13.3. The van der Waals surface area contributed by atoms with Crippen LogP contribution < -0.4 is 5.32 Å². The molecule has 2 N–H and O–H groups in total. The Labute approximate surface area is 328 Å². The maximum absolute atomic E-state index is 14.4. The van der Waals surface area contributed by atoms with Crippen molar-refractivity contribution in [2.24, 2.45) is 23.7 Å². The van der Waals surface area contributed by atoms with Crippen molar-refractivity contribution in [3.63, 3.8) is 0 Å². The average Bonchev–Trinajstić information content (AvgIpc) is 3.77. The average molecular weight is 781 g/mol. The first kappa shape index (κ1) is 42.9. The number of amides is 1. The zero-order valence-electron chi connectivity index (χ0n) is 33.9. The monoisotopic (exact) mass is 780 g/mol. The Balaban J connectivity index is 1.55. The van der Waals surface area contributed by atoms with Crippen LogP contribution in [0.4, 0.5) is 4.79 Å². The number of esters is 1. The van der Waals surface area contributed by atoms with E-state index in [0.717, 1.165) is 0 Å². The Kier molecular flexibility index (Phi) is 13.4. The van der Waals surface area contributed by atoms with E-state index in [2.05, 4.69) is 27.3 Å². The fourth-order valence-electron chi connectivity index (χ4n) is 8.42. The smallest absolute Gasteiger partial charge is 0.408 e. The van der Waals surface area contributed by atoms with Crippen molar-refractivity contribution in [3.05, 3.63) is 36.2 Å². The third-order valence-corrected chi connectivity index (χ3v) is 11.6. The van der Waals surface area contributed by atoms with E-state index in [9.17, 15) is 24.3 Å². The molecule has 0 radical (unpaired) electrons. The van der Waals surface area contributed by atoms with E-state index in [4.69, 9.17) is 28.2 Å². The first-order valence-corrected chi connectivity index (χ1v) is 19.3. The number of Topliss-reactive ketones (excluding diaryl/α,β-unsaturated/α-hetero) is 2. The Morgan fingerprint density at radius 2 is 1.77 bits per heavy atom. The summed E-state index contributed by atoms with van der Waals surface area (Å²) in [5, 5.41) is 18.4. The van der Waals surface area contributed by atoms with Crippen LogP contribution in [0.5, 0.6) is 0 Å². The molecule has 0 saturated carbocycles. The molecule has 56 heavy (non-hydrogen) atoms. The Morgan fingerprint density at radius 3 is 2.43 bits per heavy atom. The Hall–Kier alpha value is -4.20. The van der Waals surface area contributed by atoms with Gasteiger partial charge in [-0.3, -0.25) is 19.4 Å².